The molecule has 0 bridgehead atoms. The molecule has 1 aliphatic heterocycles. The van der Waals surface area contributed by atoms with E-state index in [1.54, 1.807) is 0 Å². The first-order valence-electron chi connectivity index (χ1n) is 9.05. The van der Waals surface area contributed by atoms with Gasteiger partial charge in [0.15, 0.2) is 11.5 Å². The lowest BCUT2D eigenvalue weighted by Crippen LogP contribution is -2.35. The Morgan fingerprint density at radius 1 is 1.21 bits per heavy atom. The van der Waals surface area contributed by atoms with Crippen LogP contribution in [-0.4, -0.2) is 31.8 Å². The smallest absolute Gasteiger partial charge is 0.308 e. The summed E-state index contributed by atoms with van der Waals surface area (Å²) in [7, 11) is 0. The maximum Gasteiger partial charge on any atom is 0.308 e. The number of fused-ring (bicyclic) bond motifs is 1. The Bertz CT molecular complexity index is 552. The molecule has 0 spiro atoms. The van der Waals surface area contributed by atoms with Crippen molar-refractivity contribution in [2.75, 3.05) is 19.8 Å². The predicted molar refractivity (Wildman–Crippen MR) is 91.3 cm³/mol. The summed E-state index contributed by atoms with van der Waals surface area (Å²) in [5.74, 6) is 1.77. The lowest BCUT2D eigenvalue weighted by Gasteiger charge is -2.28. The highest BCUT2D eigenvalue weighted by molar-refractivity contribution is 5.72. The molecule has 1 N–H and O–H groups in total. The normalized spacial score (nSPS) is 23.4. The number of hydrogen-bond acceptors (Lipinski definition) is 5. The molecule has 0 amide bonds. The number of carbonyl (C=O) groups is 1. The first-order valence-corrected chi connectivity index (χ1v) is 9.05. The highest BCUT2D eigenvalue weighted by atomic mass is 16.5. The van der Waals surface area contributed by atoms with Gasteiger partial charge in [-0.1, -0.05) is 12.1 Å². The van der Waals surface area contributed by atoms with E-state index in [0.29, 0.717) is 25.9 Å². The summed E-state index contributed by atoms with van der Waals surface area (Å²) in [6, 6.07) is 6.51. The summed E-state index contributed by atoms with van der Waals surface area (Å²) < 4.78 is 16.7. The molecule has 0 unspecified atom stereocenters. The standard InChI is InChI=1S/C19H27NO4/c1-2-22-19(21)14-7-9-16(10-8-14)20-13-15-5-3-6-17-18(15)24-12-4-11-23-17/h3,5-6,14,16,20H,2,4,7-13H2,1H3. The Morgan fingerprint density at radius 3 is 2.79 bits per heavy atom. The maximum atomic E-state index is 11.8. The molecule has 0 atom stereocenters. The van der Waals surface area contributed by atoms with Gasteiger partial charge in [0.25, 0.3) is 0 Å². The Kier molecular flexibility index (Phi) is 5.96. The van der Waals surface area contributed by atoms with Crippen LogP contribution in [-0.2, 0) is 16.1 Å². The second kappa shape index (κ2) is 8.38. The minimum Gasteiger partial charge on any atom is -0.490 e. The van der Waals surface area contributed by atoms with Crippen molar-refractivity contribution >= 4 is 5.97 Å². The zero-order valence-corrected chi connectivity index (χ0v) is 14.4. The number of hydrogen-bond donors (Lipinski definition) is 1. The molecule has 1 heterocycles. The first-order chi connectivity index (χ1) is 11.8. The Balaban J connectivity index is 1.51. The lowest BCUT2D eigenvalue weighted by atomic mass is 9.86. The summed E-state index contributed by atoms with van der Waals surface area (Å²) in [5, 5.41) is 3.61. The quantitative estimate of drug-likeness (QED) is 0.839. The van der Waals surface area contributed by atoms with Crippen LogP contribution >= 0.6 is 0 Å². The van der Waals surface area contributed by atoms with Crippen LogP contribution < -0.4 is 14.8 Å². The molecule has 5 heteroatoms. The third-order valence-corrected chi connectivity index (χ3v) is 4.78. The largest absolute Gasteiger partial charge is 0.490 e. The molecule has 5 nitrogen and oxygen atoms in total. The van der Waals surface area contributed by atoms with E-state index in [1.807, 2.05) is 19.1 Å². The van der Waals surface area contributed by atoms with Crippen LogP contribution in [0.4, 0.5) is 0 Å². The van der Waals surface area contributed by atoms with Crippen LogP contribution in [0.3, 0.4) is 0 Å². The van der Waals surface area contributed by atoms with Crippen molar-refractivity contribution in [2.24, 2.45) is 5.92 Å². The molecule has 0 saturated heterocycles. The van der Waals surface area contributed by atoms with Gasteiger partial charge in [0.05, 0.1) is 25.7 Å². The SMILES string of the molecule is CCOC(=O)C1CCC(NCc2cccc3c2OCCCO3)CC1. The topological polar surface area (TPSA) is 56.8 Å². The van der Waals surface area contributed by atoms with Crippen LogP contribution in [0, 0.1) is 5.92 Å². The molecule has 1 fully saturated rings. The second-order valence-corrected chi connectivity index (χ2v) is 6.48. The van der Waals surface area contributed by atoms with E-state index < -0.39 is 0 Å². The van der Waals surface area contributed by atoms with Crippen molar-refractivity contribution in [1.29, 1.82) is 0 Å². The van der Waals surface area contributed by atoms with E-state index in [4.69, 9.17) is 14.2 Å². The number of ether oxygens (including phenoxy) is 3. The molecule has 1 aliphatic carbocycles. The van der Waals surface area contributed by atoms with E-state index in [2.05, 4.69) is 11.4 Å². The second-order valence-electron chi connectivity index (χ2n) is 6.48. The number of benzene rings is 1. The minimum atomic E-state index is -0.0325. The van der Waals surface area contributed by atoms with Crippen molar-refractivity contribution in [3.8, 4) is 11.5 Å². The highest BCUT2D eigenvalue weighted by Gasteiger charge is 2.27. The third-order valence-electron chi connectivity index (χ3n) is 4.78. The Morgan fingerprint density at radius 2 is 2.00 bits per heavy atom. The molecule has 2 aliphatic rings. The highest BCUT2D eigenvalue weighted by Crippen LogP contribution is 2.33. The van der Waals surface area contributed by atoms with Crippen LogP contribution in [0.15, 0.2) is 18.2 Å². The fourth-order valence-corrected chi connectivity index (χ4v) is 3.44. The molecule has 132 valence electrons. The zero-order chi connectivity index (χ0) is 16.8. The average Bonchev–Trinajstić information content (AvgIpc) is 2.86. The van der Waals surface area contributed by atoms with Crippen molar-refractivity contribution < 1.29 is 19.0 Å². The van der Waals surface area contributed by atoms with Crippen molar-refractivity contribution in [1.82, 2.24) is 5.32 Å². The first kappa shape index (κ1) is 17.1. The number of esters is 1. The number of nitrogens with one attached hydrogen (secondary N) is 1. The Labute approximate surface area is 143 Å². The summed E-state index contributed by atoms with van der Waals surface area (Å²) in [4.78, 5) is 11.8. The molecular formula is C19H27NO4. The monoisotopic (exact) mass is 333 g/mol. The molecule has 1 saturated carbocycles. The van der Waals surface area contributed by atoms with Crippen LogP contribution in [0.1, 0.15) is 44.6 Å². The van der Waals surface area contributed by atoms with Gasteiger partial charge in [-0.25, -0.2) is 0 Å². The molecule has 24 heavy (non-hydrogen) atoms. The summed E-state index contributed by atoms with van der Waals surface area (Å²) in [5.41, 5.74) is 1.14. The van der Waals surface area contributed by atoms with Gasteiger partial charge in [-0.15, -0.1) is 0 Å². The van der Waals surface area contributed by atoms with Gasteiger partial charge >= 0.3 is 5.97 Å². The molecule has 0 aromatic heterocycles. The molecule has 1 aromatic carbocycles. The fourth-order valence-electron chi connectivity index (χ4n) is 3.44. The molecule has 1 aromatic rings. The van der Waals surface area contributed by atoms with Crippen LogP contribution in [0.2, 0.25) is 0 Å². The van der Waals surface area contributed by atoms with Gasteiger partial charge < -0.3 is 19.5 Å². The third kappa shape index (κ3) is 4.20. The van der Waals surface area contributed by atoms with E-state index in [1.165, 1.54) is 0 Å². The van der Waals surface area contributed by atoms with Crippen LogP contribution in [0.25, 0.3) is 0 Å². The Hall–Kier alpha value is -1.75. The van der Waals surface area contributed by atoms with Crippen LogP contribution in [0.5, 0.6) is 11.5 Å². The fraction of sp³-hybridized carbons (Fsp3) is 0.632. The maximum absolute atomic E-state index is 11.8. The van der Waals surface area contributed by atoms with E-state index in [9.17, 15) is 4.79 Å². The summed E-state index contributed by atoms with van der Waals surface area (Å²) >= 11 is 0. The van der Waals surface area contributed by atoms with Crippen molar-refractivity contribution in [2.45, 2.75) is 51.6 Å². The lowest BCUT2D eigenvalue weighted by molar-refractivity contribution is -0.149. The summed E-state index contributed by atoms with van der Waals surface area (Å²) in [6.45, 7) is 4.51. The van der Waals surface area contributed by atoms with E-state index >= 15 is 0 Å². The number of para-hydroxylation sites is 1. The van der Waals surface area contributed by atoms with E-state index in [0.717, 1.165) is 55.7 Å². The van der Waals surface area contributed by atoms with Gasteiger partial charge in [-0.2, -0.15) is 0 Å². The minimum absolute atomic E-state index is 0.0325. The van der Waals surface area contributed by atoms with Gasteiger partial charge in [-0.3, -0.25) is 4.79 Å². The van der Waals surface area contributed by atoms with E-state index in [-0.39, 0.29) is 11.9 Å². The molecular weight excluding hydrogens is 306 g/mol. The van der Waals surface area contributed by atoms with Gasteiger partial charge in [0.2, 0.25) is 0 Å². The number of carbonyl (C=O) groups excluding carboxylic acids is 1. The number of rotatable bonds is 5. The average molecular weight is 333 g/mol. The molecule has 0 radical (unpaired) electrons. The van der Waals surface area contributed by atoms with Gasteiger partial charge in [0, 0.05) is 24.6 Å². The van der Waals surface area contributed by atoms with Gasteiger partial charge in [-0.05, 0) is 38.7 Å². The predicted octanol–water partition coefficient (Wildman–Crippen LogP) is 3.06. The van der Waals surface area contributed by atoms with Gasteiger partial charge in [0.1, 0.15) is 0 Å². The summed E-state index contributed by atoms with van der Waals surface area (Å²) in [6.07, 6.45) is 4.75. The molecule has 3 rings (SSSR count). The zero-order valence-electron chi connectivity index (χ0n) is 14.4. The van der Waals surface area contributed by atoms with Crippen molar-refractivity contribution in [3.05, 3.63) is 23.8 Å². The van der Waals surface area contributed by atoms with Crippen molar-refractivity contribution in [3.63, 3.8) is 0 Å².